The van der Waals surface area contributed by atoms with E-state index in [9.17, 15) is 28.9 Å². The fourth-order valence-corrected chi connectivity index (χ4v) is 8.17. The van der Waals surface area contributed by atoms with Gasteiger partial charge in [-0.1, -0.05) is 214 Å². The van der Waals surface area contributed by atoms with Crippen molar-refractivity contribution in [3.63, 3.8) is 0 Å². The number of phosphoric ester groups is 1. The van der Waals surface area contributed by atoms with Gasteiger partial charge in [0.05, 0.1) is 26.2 Å². The Morgan fingerprint density at radius 1 is 0.405 bits per heavy atom. The standard InChI is InChI=1S/C62H103O11P/c1-4-7-10-13-16-19-22-25-27-28-29-30-32-35-38-41-44-47-50-53-62(66)73-59(55-69-60(64)51-48-45-42-39-36-33-24-21-18-15-12-9-6-3)57-71-74(67,68)70-56-58(54-63)72-61(65)52-49-46-43-40-37-34-31-26-23-20-17-14-11-8-5-2/h8-9,11-12,17-18,20-21,25-27,31,33,36-37,40,46,49,58-59,63H,4-7,10,13-16,19,22-24,28-30,32,34-35,38-39,41-45,47-48,50-57H2,1-3H3,(H,67,68)/b11-8-,12-9-,20-17-,21-18-,27-25-,31-26-,36-33-,40-37-,49-46-. The van der Waals surface area contributed by atoms with Crippen LogP contribution >= 0.6 is 7.82 Å². The minimum atomic E-state index is -4.78. The van der Waals surface area contributed by atoms with E-state index < -0.39 is 57.8 Å². The van der Waals surface area contributed by atoms with Gasteiger partial charge in [-0.25, -0.2) is 4.57 Å². The largest absolute Gasteiger partial charge is 0.472 e. The molecule has 0 amide bonds. The van der Waals surface area contributed by atoms with Crippen LogP contribution in [0.5, 0.6) is 0 Å². The number of hydrogen-bond acceptors (Lipinski definition) is 10. The average molecular weight is 1060 g/mol. The van der Waals surface area contributed by atoms with Gasteiger partial charge in [0.15, 0.2) is 6.10 Å². The molecule has 0 saturated heterocycles. The molecule has 0 aliphatic heterocycles. The molecule has 0 aromatic heterocycles. The zero-order valence-electron chi connectivity index (χ0n) is 46.5. The van der Waals surface area contributed by atoms with Gasteiger partial charge in [-0.15, -0.1) is 0 Å². The lowest BCUT2D eigenvalue weighted by atomic mass is 10.1. The van der Waals surface area contributed by atoms with Gasteiger partial charge in [-0.05, 0) is 103 Å². The number of carbonyl (C=O) groups is 3. The molecular formula is C62H103O11P. The van der Waals surface area contributed by atoms with Crippen LogP contribution in [0.3, 0.4) is 0 Å². The number of rotatable bonds is 52. The summed E-state index contributed by atoms with van der Waals surface area (Å²) in [5.41, 5.74) is 0. The van der Waals surface area contributed by atoms with Crippen molar-refractivity contribution in [2.45, 2.75) is 238 Å². The molecule has 0 aliphatic rings. The molecule has 0 saturated carbocycles. The molecule has 422 valence electrons. The first kappa shape index (κ1) is 70.1. The van der Waals surface area contributed by atoms with Crippen LogP contribution in [-0.2, 0) is 42.2 Å². The lowest BCUT2D eigenvalue weighted by Gasteiger charge is -2.21. The van der Waals surface area contributed by atoms with Crippen LogP contribution in [0, 0.1) is 0 Å². The zero-order chi connectivity index (χ0) is 54.1. The Hall–Kier alpha value is -3.86. The Morgan fingerprint density at radius 3 is 1.22 bits per heavy atom. The smallest absolute Gasteiger partial charge is 0.462 e. The van der Waals surface area contributed by atoms with E-state index in [1.165, 1.54) is 83.5 Å². The van der Waals surface area contributed by atoms with Crippen molar-refractivity contribution in [1.29, 1.82) is 0 Å². The van der Waals surface area contributed by atoms with Crippen molar-refractivity contribution < 1.29 is 52.2 Å². The SMILES string of the molecule is CC/C=C\C/C=C\C/C=C\C/C=C\C/C=C\CC(=O)OC(CO)COP(=O)(O)OCC(COC(=O)CCCCC/C=C\C/C=C\C/C=C\CC)OC(=O)CCCCCCCCCCC/C=C\CCCCCCCC. The molecule has 3 unspecified atom stereocenters. The van der Waals surface area contributed by atoms with Gasteiger partial charge in [0, 0.05) is 12.8 Å². The van der Waals surface area contributed by atoms with Crippen molar-refractivity contribution in [3.05, 3.63) is 109 Å². The van der Waals surface area contributed by atoms with Crippen LogP contribution in [0.15, 0.2) is 109 Å². The summed E-state index contributed by atoms with van der Waals surface area (Å²) in [6, 6.07) is 0. The number of unbranched alkanes of at least 4 members (excludes halogenated alkanes) is 18. The summed E-state index contributed by atoms with van der Waals surface area (Å²) >= 11 is 0. The molecule has 0 spiro atoms. The van der Waals surface area contributed by atoms with Gasteiger partial charge in [0.2, 0.25) is 0 Å². The number of hydrogen-bond donors (Lipinski definition) is 2. The highest BCUT2D eigenvalue weighted by molar-refractivity contribution is 7.47. The maximum absolute atomic E-state index is 12.9. The Bertz CT molecular complexity index is 1660. The second-order valence-corrected chi connectivity index (χ2v) is 20.2. The number of esters is 3. The minimum Gasteiger partial charge on any atom is -0.462 e. The number of allylic oxidation sites excluding steroid dienone is 17. The van der Waals surface area contributed by atoms with Gasteiger partial charge in [-0.2, -0.15) is 0 Å². The van der Waals surface area contributed by atoms with E-state index in [1.807, 2.05) is 18.2 Å². The van der Waals surface area contributed by atoms with Gasteiger partial charge in [0.1, 0.15) is 12.7 Å². The summed E-state index contributed by atoms with van der Waals surface area (Å²) in [5.74, 6) is -1.65. The van der Waals surface area contributed by atoms with Crippen LogP contribution in [0.1, 0.15) is 226 Å². The van der Waals surface area contributed by atoms with E-state index in [0.29, 0.717) is 19.3 Å². The molecule has 0 radical (unpaired) electrons. The van der Waals surface area contributed by atoms with Crippen LogP contribution in [-0.4, -0.2) is 66.5 Å². The van der Waals surface area contributed by atoms with Gasteiger partial charge >= 0.3 is 25.7 Å². The van der Waals surface area contributed by atoms with Gasteiger partial charge in [0.25, 0.3) is 0 Å². The Kier molecular flexibility index (Phi) is 52.5. The molecule has 0 bridgehead atoms. The molecule has 0 rings (SSSR count). The molecule has 0 fully saturated rings. The van der Waals surface area contributed by atoms with E-state index in [0.717, 1.165) is 83.5 Å². The quantitative estimate of drug-likeness (QED) is 0.0197. The topological polar surface area (TPSA) is 155 Å². The number of phosphoric acid groups is 1. The second-order valence-electron chi connectivity index (χ2n) is 18.7. The zero-order valence-corrected chi connectivity index (χ0v) is 47.4. The van der Waals surface area contributed by atoms with Crippen molar-refractivity contribution in [2.75, 3.05) is 26.4 Å². The predicted octanol–water partition coefficient (Wildman–Crippen LogP) is 17.0. The maximum atomic E-state index is 12.9. The molecule has 0 aliphatic carbocycles. The first-order valence-electron chi connectivity index (χ1n) is 28.8. The molecule has 0 aromatic carbocycles. The van der Waals surface area contributed by atoms with Crippen LogP contribution in [0.4, 0.5) is 0 Å². The Labute approximate surface area is 450 Å². The van der Waals surface area contributed by atoms with Crippen molar-refractivity contribution in [2.24, 2.45) is 0 Å². The number of aliphatic hydroxyl groups excluding tert-OH is 1. The summed E-state index contributed by atoms with van der Waals surface area (Å²) < 4.78 is 39.4. The minimum absolute atomic E-state index is 0.0614. The van der Waals surface area contributed by atoms with E-state index in [4.69, 9.17) is 23.3 Å². The number of ether oxygens (including phenoxy) is 3. The highest BCUT2D eigenvalue weighted by Gasteiger charge is 2.28. The predicted molar refractivity (Wildman–Crippen MR) is 307 cm³/mol. The molecule has 12 heteroatoms. The molecule has 2 N–H and O–H groups in total. The molecule has 74 heavy (non-hydrogen) atoms. The lowest BCUT2D eigenvalue weighted by molar-refractivity contribution is -0.161. The summed E-state index contributed by atoms with van der Waals surface area (Å²) in [4.78, 5) is 48.4. The van der Waals surface area contributed by atoms with E-state index >= 15 is 0 Å². The normalized spacial score (nSPS) is 14.2. The third-order valence-electron chi connectivity index (χ3n) is 11.7. The van der Waals surface area contributed by atoms with Crippen LogP contribution in [0.25, 0.3) is 0 Å². The van der Waals surface area contributed by atoms with Crippen LogP contribution < -0.4 is 0 Å². The van der Waals surface area contributed by atoms with Gasteiger partial charge in [-0.3, -0.25) is 23.4 Å². The fraction of sp³-hybridized carbons (Fsp3) is 0.661. The Balaban J connectivity index is 4.82. The molecule has 0 heterocycles. The highest BCUT2D eigenvalue weighted by atomic mass is 31.2. The van der Waals surface area contributed by atoms with E-state index in [1.54, 1.807) is 6.08 Å². The van der Waals surface area contributed by atoms with Crippen molar-refractivity contribution in [1.82, 2.24) is 0 Å². The summed E-state index contributed by atoms with van der Waals surface area (Å²) in [7, 11) is -4.78. The summed E-state index contributed by atoms with van der Waals surface area (Å²) in [6.45, 7) is 4.26. The third-order valence-corrected chi connectivity index (χ3v) is 12.6. The summed E-state index contributed by atoms with van der Waals surface area (Å²) in [5, 5.41) is 9.79. The third kappa shape index (κ3) is 53.0. The fourth-order valence-electron chi connectivity index (χ4n) is 7.38. The van der Waals surface area contributed by atoms with E-state index in [-0.39, 0.29) is 25.9 Å². The maximum Gasteiger partial charge on any atom is 0.472 e. The first-order valence-corrected chi connectivity index (χ1v) is 30.3. The lowest BCUT2D eigenvalue weighted by Crippen LogP contribution is -2.30. The van der Waals surface area contributed by atoms with Crippen molar-refractivity contribution >= 4 is 25.7 Å². The Morgan fingerprint density at radius 2 is 0.757 bits per heavy atom. The van der Waals surface area contributed by atoms with E-state index in [2.05, 4.69) is 106 Å². The van der Waals surface area contributed by atoms with Gasteiger partial charge < -0.3 is 24.2 Å². The number of carbonyl (C=O) groups excluding carboxylic acids is 3. The van der Waals surface area contributed by atoms with Crippen molar-refractivity contribution in [3.8, 4) is 0 Å². The second kappa shape index (κ2) is 55.4. The summed E-state index contributed by atoms with van der Waals surface area (Å²) in [6.07, 6.45) is 66.6. The average Bonchev–Trinajstić information content (AvgIpc) is 3.39. The molecular weight excluding hydrogens is 952 g/mol. The molecule has 3 atom stereocenters. The van der Waals surface area contributed by atoms with Crippen LogP contribution in [0.2, 0.25) is 0 Å². The molecule has 11 nitrogen and oxygen atoms in total. The molecule has 0 aromatic rings. The first-order chi connectivity index (χ1) is 36.2. The number of aliphatic hydroxyl groups is 1. The monoisotopic (exact) mass is 1050 g/mol. The highest BCUT2D eigenvalue weighted by Crippen LogP contribution is 2.43.